The molecule has 0 saturated carbocycles. The molecule has 1 aromatic heterocycles. The highest BCUT2D eigenvalue weighted by molar-refractivity contribution is 6.17. The van der Waals surface area contributed by atoms with Crippen molar-refractivity contribution < 1.29 is 0 Å². The second kappa shape index (κ2) is 6.58. The van der Waals surface area contributed by atoms with E-state index < -0.39 is 0 Å². The minimum atomic E-state index is 0.572. The molecule has 0 fully saturated rings. The zero-order valence-electron chi connectivity index (χ0n) is 11.4. The third-order valence-electron chi connectivity index (χ3n) is 3.34. The molecule has 0 aliphatic carbocycles. The highest BCUT2D eigenvalue weighted by Crippen LogP contribution is 2.21. The van der Waals surface area contributed by atoms with Crippen LogP contribution in [0.25, 0.3) is 0 Å². The van der Waals surface area contributed by atoms with Gasteiger partial charge in [0.15, 0.2) is 0 Å². The summed E-state index contributed by atoms with van der Waals surface area (Å²) in [5.74, 6) is 0.572. The van der Waals surface area contributed by atoms with E-state index in [9.17, 15) is 0 Å². The molecule has 0 radical (unpaired) electrons. The molecule has 0 aliphatic rings. The monoisotopic (exact) mass is 274 g/mol. The lowest BCUT2D eigenvalue weighted by molar-refractivity contribution is 0.829. The van der Waals surface area contributed by atoms with Crippen molar-refractivity contribution in [3.63, 3.8) is 0 Å². The SMILES string of the molecule is CCN(Cc1ccncc1)c1ccc(CCl)c(C)c1. The standard InChI is InChI=1S/C16H19ClN2/c1-3-19(12-14-6-8-18-9-7-14)16-5-4-15(11-17)13(2)10-16/h4-10H,3,11-12H2,1-2H3. The summed E-state index contributed by atoms with van der Waals surface area (Å²) in [4.78, 5) is 6.40. The first-order valence-electron chi connectivity index (χ1n) is 6.54. The van der Waals surface area contributed by atoms with Gasteiger partial charge in [-0.3, -0.25) is 4.98 Å². The van der Waals surface area contributed by atoms with Gasteiger partial charge in [0.05, 0.1) is 0 Å². The molecule has 100 valence electrons. The normalized spacial score (nSPS) is 10.5. The fourth-order valence-corrected chi connectivity index (χ4v) is 2.42. The first-order valence-corrected chi connectivity index (χ1v) is 7.07. The maximum atomic E-state index is 5.91. The molecule has 1 aromatic carbocycles. The zero-order chi connectivity index (χ0) is 13.7. The van der Waals surface area contributed by atoms with Gasteiger partial charge in [-0.25, -0.2) is 0 Å². The second-order valence-electron chi connectivity index (χ2n) is 4.61. The quantitative estimate of drug-likeness (QED) is 0.761. The number of rotatable bonds is 5. The van der Waals surface area contributed by atoms with Crippen LogP contribution in [0.1, 0.15) is 23.6 Å². The average molecular weight is 275 g/mol. The molecule has 1 heterocycles. The summed E-state index contributed by atoms with van der Waals surface area (Å²) in [5.41, 5.74) is 4.97. The van der Waals surface area contributed by atoms with Gasteiger partial charge in [-0.05, 0) is 54.8 Å². The number of alkyl halides is 1. The second-order valence-corrected chi connectivity index (χ2v) is 4.88. The number of nitrogens with zero attached hydrogens (tertiary/aromatic N) is 2. The number of hydrogen-bond acceptors (Lipinski definition) is 2. The van der Waals surface area contributed by atoms with E-state index in [0.717, 1.165) is 13.1 Å². The molecular weight excluding hydrogens is 256 g/mol. The lowest BCUT2D eigenvalue weighted by Gasteiger charge is -2.24. The fourth-order valence-electron chi connectivity index (χ4n) is 2.12. The van der Waals surface area contributed by atoms with Crippen molar-refractivity contribution in [2.45, 2.75) is 26.3 Å². The topological polar surface area (TPSA) is 16.1 Å². The molecule has 0 amide bonds. The molecule has 19 heavy (non-hydrogen) atoms. The number of aromatic nitrogens is 1. The molecule has 0 N–H and O–H groups in total. The summed E-state index contributed by atoms with van der Waals surface area (Å²) in [6, 6.07) is 10.6. The Hall–Kier alpha value is -1.54. The van der Waals surface area contributed by atoms with Crippen molar-refractivity contribution in [3.8, 4) is 0 Å². The van der Waals surface area contributed by atoms with Gasteiger partial charge in [-0.1, -0.05) is 6.07 Å². The number of pyridine rings is 1. The van der Waals surface area contributed by atoms with E-state index in [1.54, 1.807) is 0 Å². The fraction of sp³-hybridized carbons (Fsp3) is 0.312. The van der Waals surface area contributed by atoms with Crippen LogP contribution < -0.4 is 4.90 Å². The van der Waals surface area contributed by atoms with Crippen LogP contribution in [-0.4, -0.2) is 11.5 Å². The molecule has 2 rings (SSSR count). The summed E-state index contributed by atoms with van der Waals surface area (Å²) < 4.78 is 0. The molecule has 0 aliphatic heterocycles. The molecule has 3 heteroatoms. The molecule has 0 atom stereocenters. The van der Waals surface area contributed by atoms with Gasteiger partial charge in [-0.15, -0.1) is 11.6 Å². The van der Waals surface area contributed by atoms with E-state index in [1.807, 2.05) is 12.4 Å². The van der Waals surface area contributed by atoms with Crippen LogP contribution in [0, 0.1) is 6.92 Å². The van der Waals surface area contributed by atoms with Crippen LogP contribution in [0.2, 0.25) is 0 Å². The van der Waals surface area contributed by atoms with Crippen molar-refractivity contribution in [1.29, 1.82) is 0 Å². The van der Waals surface area contributed by atoms with Crippen LogP contribution >= 0.6 is 11.6 Å². The Morgan fingerprint density at radius 1 is 1.16 bits per heavy atom. The number of benzene rings is 1. The summed E-state index contributed by atoms with van der Waals surface area (Å²) in [6.07, 6.45) is 3.68. The van der Waals surface area contributed by atoms with Crippen molar-refractivity contribution in [2.75, 3.05) is 11.4 Å². The van der Waals surface area contributed by atoms with Crippen molar-refractivity contribution in [1.82, 2.24) is 4.98 Å². The molecule has 0 saturated heterocycles. The third-order valence-corrected chi connectivity index (χ3v) is 3.63. The Labute approximate surface area is 120 Å². The summed E-state index contributed by atoms with van der Waals surface area (Å²) >= 11 is 5.91. The van der Waals surface area contributed by atoms with Crippen molar-refractivity contribution in [2.24, 2.45) is 0 Å². The molecule has 0 spiro atoms. The smallest absolute Gasteiger partial charge is 0.0476 e. The van der Waals surface area contributed by atoms with Crippen LogP contribution in [-0.2, 0) is 12.4 Å². The highest BCUT2D eigenvalue weighted by atomic mass is 35.5. The predicted molar refractivity (Wildman–Crippen MR) is 81.7 cm³/mol. The van der Waals surface area contributed by atoms with E-state index >= 15 is 0 Å². The van der Waals surface area contributed by atoms with Crippen LogP contribution in [0.15, 0.2) is 42.7 Å². The van der Waals surface area contributed by atoms with E-state index in [2.05, 4.69) is 54.1 Å². The van der Waals surface area contributed by atoms with Gasteiger partial charge < -0.3 is 4.90 Å². The molecular formula is C16H19ClN2. The van der Waals surface area contributed by atoms with Crippen LogP contribution in [0.3, 0.4) is 0 Å². The average Bonchev–Trinajstić information content (AvgIpc) is 2.46. The van der Waals surface area contributed by atoms with Crippen molar-refractivity contribution in [3.05, 3.63) is 59.4 Å². The Kier molecular flexibility index (Phi) is 4.80. The van der Waals surface area contributed by atoms with E-state index in [4.69, 9.17) is 11.6 Å². The van der Waals surface area contributed by atoms with E-state index in [1.165, 1.54) is 22.4 Å². The minimum Gasteiger partial charge on any atom is -0.367 e. The molecule has 2 nitrogen and oxygen atoms in total. The number of halogens is 1. The molecule has 2 aromatic rings. The highest BCUT2D eigenvalue weighted by Gasteiger charge is 2.07. The number of hydrogen-bond donors (Lipinski definition) is 0. The predicted octanol–water partition coefficient (Wildman–Crippen LogP) is 4.16. The summed E-state index contributed by atoms with van der Waals surface area (Å²) in [7, 11) is 0. The summed E-state index contributed by atoms with van der Waals surface area (Å²) in [6.45, 7) is 6.16. The van der Waals surface area contributed by atoms with Gasteiger partial charge in [0.25, 0.3) is 0 Å². The Morgan fingerprint density at radius 3 is 2.47 bits per heavy atom. The van der Waals surface area contributed by atoms with Gasteiger partial charge in [-0.2, -0.15) is 0 Å². The Bertz CT molecular complexity index is 526. The number of aryl methyl sites for hydroxylation is 1. The molecule has 0 unspecified atom stereocenters. The van der Waals surface area contributed by atoms with Gasteiger partial charge in [0.2, 0.25) is 0 Å². The van der Waals surface area contributed by atoms with Crippen molar-refractivity contribution >= 4 is 17.3 Å². The maximum absolute atomic E-state index is 5.91. The van der Waals surface area contributed by atoms with E-state index in [0.29, 0.717) is 5.88 Å². The lowest BCUT2D eigenvalue weighted by atomic mass is 10.1. The van der Waals surface area contributed by atoms with Gasteiger partial charge in [0.1, 0.15) is 0 Å². The van der Waals surface area contributed by atoms with Crippen LogP contribution in [0.5, 0.6) is 0 Å². The largest absolute Gasteiger partial charge is 0.367 e. The minimum absolute atomic E-state index is 0.572. The van der Waals surface area contributed by atoms with Gasteiger partial charge >= 0.3 is 0 Å². The Morgan fingerprint density at radius 2 is 1.89 bits per heavy atom. The third kappa shape index (κ3) is 3.48. The maximum Gasteiger partial charge on any atom is 0.0476 e. The first kappa shape index (κ1) is 13.9. The molecule has 0 bridgehead atoms. The Balaban J connectivity index is 2.20. The lowest BCUT2D eigenvalue weighted by Crippen LogP contribution is -2.22. The van der Waals surface area contributed by atoms with Gasteiger partial charge in [0, 0.05) is 37.1 Å². The van der Waals surface area contributed by atoms with E-state index in [-0.39, 0.29) is 0 Å². The first-order chi connectivity index (χ1) is 9.24. The zero-order valence-corrected chi connectivity index (χ0v) is 12.2. The van der Waals surface area contributed by atoms with Crippen LogP contribution in [0.4, 0.5) is 5.69 Å². The summed E-state index contributed by atoms with van der Waals surface area (Å²) in [5, 5.41) is 0. The number of anilines is 1.